The third kappa shape index (κ3) is 2.32. The second kappa shape index (κ2) is 3.74. The van der Waals surface area contributed by atoms with Gasteiger partial charge in [0.2, 0.25) is 0 Å². The molecule has 1 nitrogen and oxygen atoms in total. The molecule has 0 heterocycles. The molecule has 0 aliphatic carbocycles. The maximum atomic E-state index is 5.78. The molecule has 0 aliphatic rings. The Kier molecular flexibility index (Phi) is 3.16. The third-order valence-corrected chi connectivity index (χ3v) is 2.62. The van der Waals surface area contributed by atoms with Crippen molar-refractivity contribution < 1.29 is 0 Å². The first kappa shape index (κ1) is 9.29. The van der Waals surface area contributed by atoms with Crippen molar-refractivity contribution in [3.05, 3.63) is 32.4 Å². The zero-order valence-electron chi connectivity index (χ0n) is 6.14. The van der Waals surface area contributed by atoms with E-state index >= 15 is 0 Å². The lowest BCUT2D eigenvalue weighted by atomic mass is 10.1. The Morgan fingerprint density at radius 1 is 1.55 bits per heavy atom. The maximum absolute atomic E-state index is 5.78. The fourth-order valence-corrected chi connectivity index (χ4v) is 2.23. The number of hydrogen-bond acceptors (Lipinski definition) is 1. The molecule has 1 atom stereocenters. The molecule has 0 spiro atoms. The molecule has 0 aromatic heterocycles. The highest BCUT2D eigenvalue weighted by atomic mass is 127. The Balaban J connectivity index is 3.09. The number of nitrogens with two attached hydrogens (primary N) is 1. The highest BCUT2D eigenvalue weighted by Gasteiger charge is 2.03. The second-order valence-electron chi connectivity index (χ2n) is 2.45. The summed E-state index contributed by atoms with van der Waals surface area (Å²) in [6.45, 7) is 1.96. The van der Waals surface area contributed by atoms with Gasteiger partial charge in [-0.3, -0.25) is 0 Å². The molecule has 1 rings (SSSR count). The van der Waals surface area contributed by atoms with Gasteiger partial charge in [0, 0.05) is 14.6 Å². The van der Waals surface area contributed by atoms with E-state index in [1.807, 2.05) is 25.1 Å². The SMILES string of the molecule is CC(N)c1ccc(Cl)cc1I. The number of rotatable bonds is 1. The van der Waals surface area contributed by atoms with Crippen LogP contribution in [0.1, 0.15) is 18.5 Å². The molecule has 0 bridgehead atoms. The van der Waals surface area contributed by atoms with E-state index in [1.54, 1.807) is 0 Å². The lowest BCUT2D eigenvalue weighted by molar-refractivity contribution is 0.813. The molecule has 0 fully saturated rings. The average molecular weight is 282 g/mol. The molecule has 3 heteroatoms. The molecular formula is C8H9ClIN. The molecule has 1 aromatic carbocycles. The van der Waals surface area contributed by atoms with Crippen LogP contribution in [0.25, 0.3) is 0 Å². The van der Waals surface area contributed by atoms with E-state index in [2.05, 4.69) is 22.6 Å². The van der Waals surface area contributed by atoms with Gasteiger partial charge >= 0.3 is 0 Å². The molecule has 1 unspecified atom stereocenters. The van der Waals surface area contributed by atoms with Crippen molar-refractivity contribution in [3.63, 3.8) is 0 Å². The highest BCUT2D eigenvalue weighted by molar-refractivity contribution is 14.1. The summed E-state index contributed by atoms with van der Waals surface area (Å²) in [6, 6.07) is 5.83. The van der Waals surface area contributed by atoms with Crippen molar-refractivity contribution in [1.29, 1.82) is 0 Å². The zero-order valence-corrected chi connectivity index (χ0v) is 9.06. The summed E-state index contributed by atoms with van der Waals surface area (Å²) in [5, 5.41) is 0.763. The Hall–Kier alpha value is 0.200. The van der Waals surface area contributed by atoms with Crippen molar-refractivity contribution >= 4 is 34.2 Å². The summed E-state index contributed by atoms with van der Waals surface area (Å²) in [5.41, 5.74) is 6.86. The Morgan fingerprint density at radius 2 is 2.18 bits per heavy atom. The minimum absolute atomic E-state index is 0.0826. The molecule has 1 aromatic rings. The Labute approximate surface area is 85.1 Å². The fourth-order valence-electron chi connectivity index (χ4n) is 0.871. The van der Waals surface area contributed by atoms with E-state index in [1.165, 1.54) is 0 Å². The summed E-state index contributed by atoms with van der Waals surface area (Å²) in [4.78, 5) is 0. The number of halogens is 2. The topological polar surface area (TPSA) is 26.0 Å². The van der Waals surface area contributed by atoms with Crippen LogP contribution >= 0.6 is 34.2 Å². The van der Waals surface area contributed by atoms with Gasteiger partial charge in [-0.2, -0.15) is 0 Å². The number of benzene rings is 1. The van der Waals surface area contributed by atoms with Crippen molar-refractivity contribution in [2.75, 3.05) is 0 Å². The van der Waals surface area contributed by atoms with E-state index < -0.39 is 0 Å². The monoisotopic (exact) mass is 281 g/mol. The van der Waals surface area contributed by atoms with Gasteiger partial charge in [0.15, 0.2) is 0 Å². The summed E-state index contributed by atoms with van der Waals surface area (Å²) < 4.78 is 1.13. The van der Waals surface area contributed by atoms with Gasteiger partial charge in [0.25, 0.3) is 0 Å². The van der Waals surface area contributed by atoms with Crippen LogP contribution in [0.15, 0.2) is 18.2 Å². The van der Waals surface area contributed by atoms with E-state index in [9.17, 15) is 0 Å². The van der Waals surface area contributed by atoms with Crippen molar-refractivity contribution in [3.8, 4) is 0 Å². The predicted molar refractivity (Wildman–Crippen MR) is 56.8 cm³/mol. The van der Waals surface area contributed by atoms with Gasteiger partial charge in [-0.15, -0.1) is 0 Å². The van der Waals surface area contributed by atoms with Gasteiger partial charge in [-0.05, 0) is 47.2 Å². The Morgan fingerprint density at radius 3 is 2.64 bits per heavy atom. The first-order valence-electron chi connectivity index (χ1n) is 3.32. The van der Waals surface area contributed by atoms with Crippen LogP contribution in [-0.2, 0) is 0 Å². The third-order valence-electron chi connectivity index (χ3n) is 1.45. The first-order chi connectivity index (χ1) is 5.11. The van der Waals surface area contributed by atoms with E-state index in [0.29, 0.717) is 0 Å². The maximum Gasteiger partial charge on any atom is 0.0416 e. The van der Waals surface area contributed by atoms with Crippen LogP contribution in [0, 0.1) is 3.57 Å². The van der Waals surface area contributed by atoms with Crippen molar-refractivity contribution in [1.82, 2.24) is 0 Å². The largest absolute Gasteiger partial charge is 0.324 e. The second-order valence-corrected chi connectivity index (χ2v) is 4.05. The van der Waals surface area contributed by atoms with Gasteiger partial charge in [0.05, 0.1) is 0 Å². The highest BCUT2D eigenvalue weighted by Crippen LogP contribution is 2.21. The lowest BCUT2D eigenvalue weighted by Crippen LogP contribution is -2.06. The first-order valence-corrected chi connectivity index (χ1v) is 4.77. The summed E-state index contributed by atoms with van der Waals surface area (Å²) in [6.07, 6.45) is 0. The van der Waals surface area contributed by atoms with Crippen LogP contribution in [-0.4, -0.2) is 0 Å². The van der Waals surface area contributed by atoms with E-state index in [4.69, 9.17) is 17.3 Å². The standard InChI is InChI=1S/C8H9ClIN/c1-5(11)7-3-2-6(9)4-8(7)10/h2-5H,11H2,1H3. The van der Waals surface area contributed by atoms with Crippen LogP contribution in [0.5, 0.6) is 0 Å². The molecule has 60 valence electrons. The molecule has 0 radical (unpaired) electrons. The van der Waals surface area contributed by atoms with Crippen LogP contribution in [0.4, 0.5) is 0 Å². The molecule has 0 amide bonds. The predicted octanol–water partition coefficient (Wildman–Crippen LogP) is 2.96. The van der Waals surface area contributed by atoms with E-state index in [-0.39, 0.29) is 6.04 Å². The molecule has 0 saturated heterocycles. The van der Waals surface area contributed by atoms with Gasteiger partial charge in [0.1, 0.15) is 0 Å². The summed E-state index contributed by atoms with van der Waals surface area (Å²) in [5.74, 6) is 0. The van der Waals surface area contributed by atoms with Crippen molar-refractivity contribution in [2.45, 2.75) is 13.0 Å². The van der Waals surface area contributed by atoms with Gasteiger partial charge < -0.3 is 5.73 Å². The lowest BCUT2D eigenvalue weighted by Gasteiger charge is -2.07. The minimum Gasteiger partial charge on any atom is -0.324 e. The number of hydrogen-bond donors (Lipinski definition) is 1. The normalized spacial score (nSPS) is 13.1. The smallest absolute Gasteiger partial charge is 0.0416 e. The Bertz CT molecular complexity index is 260. The molecule has 0 aliphatic heterocycles. The molecule has 11 heavy (non-hydrogen) atoms. The molecule has 0 saturated carbocycles. The van der Waals surface area contributed by atoms with Crippen LogP contribution < -0.4 is 5.73 Å². The molecule has 2 N–H and O–H groups in total. The fraction of sp³-hybridized carbons (Fsp3) is 0.250. The molecular weight excluding hydrogens is 272 g/mol. The zero-order chi connectivity index (χ0) is 8.43. The summed E-state index contributed by atoms with van der Waals surface area (Å²) >= 11 is 8.01. The van der Waals surface area contributed by atoms with E-state index in [0.717, 1.165) is 14.2 Å². The van der Waals surface area contributed by atoms with Crippen LogP contribution in [0.3, 0.4) is 0 Å². The average Bonchev–Trinajstić information content (AvgIpc) is 1.85. The quantitative estimate of drug-likeness (QED) is 0.787. The van der Waals surface area contributed by atoms with Gasteiger partial charge in [-0.25, -0.2) is 0 Å². The summed E-state index contributed by atoms with van der Waals surface area (Å²) in [7, 11) is 0. The minimum atomic E-state index is 0.0826. The van der Waals surface area contributed by atoms with Crippen molar-refractivity contribution in [2.24, 2.45) is 5.73 Å². The van der Waals surface area contributed by atoms with Gasteiger partial charge in [-0.1, -0.05) is 17.7 Å². The van der Waals surface area contributed by atoms with Crippen LogP contribution in [0.2, 0.25) is 5.02 Å².